The Labute approximate surface area is 142 Å². The van der Waals surface area contributed by atoms with Gasteiger partial charge in [0.05, 0.1) is 6.04 Å². The van der Waals surface area contributed by atoms with E-state index in [1.54, 1.807) is 0 Å². The normalized spacial score (nSPS) is 12.0. The van der Waals surface area contributed by atoms with E-state index in [0.29, 0.717) is 6.54 Å². The van der Waals surface area contributed by atoms with E-state index in [9.17, 15) is 4.79 Å². The minimum atomic E-state index is -0.0669. The molecule has 0 heterocycles. The number of aliphatic imine (C=N–C) groups is 1. The second-order valence-corrected chi connectivity index (χ2v) is 6.33. The second-order valence-electron chi connectivity index (χ2n) is 6.33. The number of nitrogens with two attached hydrogens (primary N) is 2. The van der Waals surface area contributed by atoms with E-state index in [1.807, 2.05) is 0 Å². The largest absolute Gasteiger partial charge is 0.370 e. The van der Waals surface area contributed by atoms with Crippen molar-refractivity contribution in [2.45, 2.75) is 90.0 Å². The lowest BCUT2D eigenvalue weighted by molar-refractivity contribution is -0.109. The van der Waals surface area contributed by atoms with E-state index >= 15 is 0 Å². The average molecular weight is 327 g/mol. The number of nitrogens with zero attached hydrogens (tertiary/aromatic N) is 1. The number of rotatable bonds is 17. The zero-order valence-electron chi connectivity index (χ0n) is 15.1. The first-order valence-electron chi connectivity index (χ1n) is 9.44. The molecule has 0 aliphatic carbocycles. The van der Waals surface area contributed by atoms with E-state index in [0.717, 1.165) is 32.1 Å². The van der Waals surface area contributed by atoms with E-state index in [1.165, 1.54) is 57.8 Å². The summed E-state index contributed by atoms with van der Waals surface area (Å²) in [6, 6.07) is -0.0669. The monoisotopic (exact) mass is 326 g/mol. The van der Waals surface area contributed by atoms with Gasteiger partial charge in [-0.2, -0.15) is 0 Å². The molecule has 0 saturated carbocycles. The first-order chi connectivity index (χ1) is 11.2. The zero-order valence-corrected chi connectivity index (χ0v) is 15.1. The van der Waals surface area contributed by atoms with Gasteiger partial charge in [0.1, 0.15) is 6.29 Å². The first-order valence-corrected chi connectivity index (χ1v) is 9.44. The van der Waals surface area contributed by atoms with Crippen LogP contribution in [0.3, 0.4) is 0 Å². The fraction of sp³-hybridized carbons (Fsp3) is 0.889. The maximum atomic E-state index is 11.0. The Hall–Kier alpha value is -1.10. The van der Waals surface area contributed by atoms with Crippen molar-refractivity contribution < 1.29 is 4.79 Å². The third-order valence-corrected chi connectivity index (χ3v) is 4.07. The summed E-state index contributed by atoms with van der Waals surface area (Å²) in [6.45, 7) is 3.77. The molecule has 0 rings (SSSR count). The topological polar surface area (TPSA) is 93.5 Å². The number of hydrogen-bond acceptors (Lipinski definition) is 3. The summed E-state index contributed by atoms with van der Waals surface area (Å²) in [7, 11) is 0. The minimum absolute atomic E-state index is 0.0669. The van der Waals surface area contributed by atoms with Crippen LogP contribution < -0.4 is 16.8 Å². The van der Waals surface area contributed by atoms with Crippen LogP contribution in [0.2, 0.25) is 0 Å². The molecule has 5 N–H and O–H groups in total. The predicted octanol–water partition coefficient (Wildman–Crippen LogP) is 3.12. The van der Waals surface area contributed by atoms with Crippen LogP contribution in [0.4, 0.5) is 0 Å². The number of guanidine groups is 1. The molecule has 0 unspecified atom stereocenters. The quantitative estimate of drug-likeness (QED) is 0.166. The van der Waals surface area contributed by atoms with E-state index in [4.69, 9.17) is 11.5 Å². The Balaban J connectivity index is 3.34. The van der Waals surface area contributed by atoms with Crippen molar-refractivity contribution in [2.75, 3.05) is 13.1 Å². The molecular formula is C18H38N4O. The van der Waals surface area contributed by atoms with E-state index < -0.39 is 0 Å². The highest BCUT2D eigenvalue weighted by atomic mass is 16.1. The Morgan fingerprint density at radius 3 is 2.04 bits per heavy atom. The SMILES string of the molecule is CCCCCCCCCCCCN[C@H](C=O)CCCN=C(N)N. The van der Waals surface area contributed by atoms with Gasteiger partial charge in [0.15, 0.2) is 5.96 Å². The van der Waals surface area contributed by atoms with Gasteiger partial charge in [-0.05, 0) is 25.8 Å². The molecule has 0 saturated heterocycles. The van der Waals surface area contributed by atoms with Gasteiger partial charge < -0.3 is 21.6 Å². The van der Waals surface area contributed by atoms with Crippen LogP contribution in [0.15, 0.2) is 4.99 Å². The van der Waals surface area contributed by atoms with Crippen molar-refractivity contribution in [3.05, 3.63) is 0 Å². The van der Waals surface area contributed by atoms with Crippen LogP contribution in [-0.4, -0.2) is 31.4 Å². The molecule has 1 atom stereocenters. The summed E-state index contributed by atoms with van der Waals surface area (Å²) in [5.74, 6) is 0.117. The van der Waals surface area contributed by atoms with Crippen LogP contribution in [0, 0.1) is 0 Å². The molecule has 5 nitrogen and oxygen atoms in total. The van der Waals surface area contributed by atoms with Crippen LogP contribution in [-0.2, 0) is 4.79 Å². The van der Waals surface area contributed by atoms with Crippen LogP contribution in [0.25, 0.3) is 0 Å². The van der Waals surface area contributed by atoms with Crippen molar-refractivity contribution in [3.8, 4) is 0 Å². The molecule has 23 heavy (non-hydrogen) atoms. The number of carbonyl (C=O) groups excluding carboxylic acids is 1. The summed E-state index contributed by atoms with van der Waals surface area (Å²) in [5.41, 5.74) is 10.5. The number of unbranched alkanes of at least 4 members (excludes halogenated alkanes) is 9. The standard InChI is InChI=1S/C18H38N4O/c1-2-3-4-5-6-7-8-9-10-11-14-21-17(16-23)13-12-15-22-18(19)20/h16-17,21H,2-15H2,1H3,(H4,19,20,22)/t17-/m0/s1. The van der Waals surface area contributed by atoms with Crippen molar-refractivity contribution in [2.24, 2.45) is 16.5 Å². The van der Waals surface area contributed by atoms with Gasteiger partial charge in [-0.3, -0.25) is 4.99 Å². The molecule has 0 aliphatic heterocycles. The number of nitrogens with one attached hydrogen (secondary N) is 1. The highest BCUT2D eigenvalue weighted by Gasteiger charge is 2.05. The van der Waals surface area contributed by atoms with Crippen molar-refractivity contribution in [1.29, 1.82) is 0 Å². The summed E-state index contributed by atoms with van der Waals surface area (Å²) in [4.78, 5) is 14.9. The Kier molecular flexibility index (Phi) is 16.4. The molecule has 0 amide bonds. The van der Waals surface area contributed by atoms with E-state index in [2.05, 4.69) is 17.2 Å². The minimum Gasteiger partial charge on any atom is -0.370 e. The first kappa shape index (κ1) is 21.9. The summed E-state index contributed by atoms with van der Waals surface area (Å²) in [5, 5.41) is 3.30. The lowest BCUT2D eigenvalue weighted by Gasteiger charge is -2.11. The van der Waals surface area contributed by atoms with Crippen molar-refractivity contribution in [1.82, 2.24) is 5.32 Å². The van der Waals surface area contributed by atoms with Gasteiger partial charge in [-0.25, -0.2) is 0 Å². The number of hydrogen-bond donors (Lipinski definition) is 3. The van der Waals surface area contributed by atoms with Gasteiger partial charge in [0.25, 0.3) is 0 Å². The molecular weight excluding hydrogens is 288 g/mol. The summed E-state index contributed by atoms with van der Waals surface area (Å²) < 4.78 is 0. The van der Waals surface area contributed by atoms with Crippen LogP contribution in [0.5, 0.6) is 0 Å². The zero-order chi connectivity index (χ0) is 17.2. The number of aldehydes is 1. The van der Waals surface area contributed by atoms with Gasteiger partial charge >= 0.3 is 0 Å². The third kappa shape index (κ3) is 17.1. The molecule has 0 fully saturated rings. The van der Waals surface area contributed by atoms with Crippen molar-refractivity contribution in [3.63, 3.8) is 0 Å². The average Bonchev–Trinajstić information content (AvgIpc) is 2.54. The predicted molar refractivity (Wildman–Crippen MR) is 99.6 cm³/mol. The molecule has 136 valence electrons. The molecule has 0 bridgehead atoms. The van der Waals surface area contributed by atoms with Crippen LogP contribution in [0.1, 0.15) is 84.0 Å². The maximum absolute atomic E-state index is 11.0. The highest BCUT2D eigenvalue weighted by molar-refractivity contribution is 5.75. The van der Waals surface area contributed by atoms with Gasteiger partial charge in [0, 0.05) is 6.54 Å². The molecule has 0 aromatic rings. The highest BCUT2D eigenvalue weighted by Crippen LogP contribution is 2.10. The molecule has 0 spiro atoms. The maximum Gasteiger partial charge on any atom is 0.185 e. The second kappa shape index (κ2) is 17.3. The fourth-order valence-corrected chi connectivity index (χ4v) is 2.64. The van der Waals surface area contributed by atoms with Gasteiger partial charge in [-0.1, -0.05) is 64.7 Å². The van der Waals surface area contributed by atoms with Crippen LogP contribution >= 0.6 is 0 Å². The molecule has 0 aromatic heterocycles. The Morgan fingerprint density at radius 2 is 1.52 bits per heavy atom. The van der Waals surface area contributed by atoms with Gasteiger partial charge in [0.2, 0.25) is 0 Å². The molecule has 5 heteroatoms. The number of carbonyl (C=O) groups is 1. The third-order valence-electron chi connectivity index (χ3n) is 4.07. The fourth-order valence-electron chi connectivity index (χ4n) is 2.64. The summed E-state index contributed by atoms with van der Waals surface area (Å²) >= 11 is 0. The molecule has 0 aliphatic rings. The lowest BCUT2D eigenvalue weighted by Crippen LogP contribution is -2.31. The van der Waals surface area contributed by atoms with E-state index in [-0.39, 0.29) is 12.0 Å². The smallest absolute Gasteiger partial charge is 0.185 e. The van der Waals surface area contributed by atoms with Crippen molar-refractivity contribution >= 4 is 12.2 Å². The Bertz CT molecular complexity index is 291. The molecule has 0 radical (unpaired) electrons. The molecule has 0 aromatic carbocycles. The summed E-state index contributed by atoms with van der Waals surface area (Å²) in [6.07, 6.45) is 15.9. The van der Waals surface area contributed by atoms with Gasteiger partial charge in [-0.15, -0.1) is 0 Å². The lowest BCUT2D eigenvalue weighted by atomic mass is 10.1. The Morgan fingerprint density at radius 1 is 0.957 bits per heavy atom.